The number of hydrogen-bond donors (Lipinski definition) is 1. The average molecular weight is 413 g/mol. The SMILES string of the molecule is CC(=O)N1C[C@H]2CC(/C=C/c3ccc4ccccc4n3)=C(C(=O)O)N3C(=O)[C@@H]1[C@@H]23.[NaH]. The third kappa shape index (κ3) is 3.09. The van der Waals surface area contributed by atoms with Gasteiger partial charge in [0.05, 0.1) is 17.3 Å². The van der Waals surface area contributed by atoms with Gasteiger partial charge in [-0.25, -0.2) is 9.78 Å². The van der Waals surface area contributed by atoms with Crippen molar-refractivity contribution in [2.75, 3.05) is 6.54 Å². The zero-order valence-corrected chi connectivity index (χ0v) is 15.8. The number of carbonyl (C=O) groups is 3. The van der Waals surface area contributed by atoms with Crippen LogP contribution < -0.4 is 0 Å². The fourth-order valence-corrected chi connectivity index (χ4v) is 4.81. The van der Waals surface area contributed by atoms with Gasteiger partial charge in [-0.3, -0.25) is 14.5 Å². The molecule has 1 aromatic heterocycles. The number of rotatable bonds is 3. The number of aromatic nitrogens is 1. The summed E-state index contributed by atoms with van der Waals surface area (Å²) in [4.78, 5) is 44.0. The number of aliphatic carboxylic acids is 1. The van der Waals surface area contributed by atoms with Crippen LogP contribution in [0.25, 0.3) is 17.0 Å². The molecule has 1 N–H and O–H groups in total. The van der Waals surface area contributed by atoms with Crippen molar-refractivity contribution >= 4 is 64.3 Å². The van der Waals surface area contributed by atoms with E-state index in [-0.39, 0.29) is 59.0 Å². The molecule has 3 aliphatic rings. The number of allylic oxidation sites excluding steroid dienone is 2. The Balaban J connectivity index is 0.00000218. The zero-order valence-electron chi connectivity index (χ0n) is 15.8. The molecule has 0 bridgehead atoms. The number of pyridine rings is 1. The van der Waals surface area contributed by atoms with Crippen molar-refractivity contribution in [2.45, 2.75) is 25.4 Å². The number of nitrogens with zero attached hydrogens (tertiary/aromatic N) is 3. The number of hydrogen-bond acceptors (Lipinski definition) is 4. The van der Waals surface area contributed by atoms with E-state index in [0.717, 1.165) is 10.9 Å². The molecule has 2 saturated heterocycles. The van der Waals surface area contributed by atoms with Crippen LogP contribution in [0.5, 0.6) is 0 Å². The van der Waals surface area contributed by atoms with Gasteiger partial charge < -0.3 is 10.0 Å². The first-order valence-electron chi connectivity index (χ1n) is 9.56. The molecule has 4 heterocycles. The topological polar surface area (TPSA) is 90.8 Å². The molecule has 148 valence electrons. The van der Waals surface area contributed by atoms with Gasteiger partial charge in [-0.05, 0) is 30.2 Å². The minimum atomic E-state index is -1.12. The van der Waals surface area contributed by atoms with Crippen LogP contribution in [0.2, 0.25) is 0 Å². The van der Waals surface area contributed by atoms with Crippen LogP contribution >= 0.6 is 0 Å². The summed E-state index contributed by atoms with van der Waals surface area (Å²) in [5.41, 5.74) is 2.19. The van der Waals surface area contributed by atoms with E-state index in [1.165, 1.54) is 11.8 Å². The van der Waals surface area contributed by atoms with Crippen molar-refractivity contribution in [1.82, 2.24) is 14.8 Å². The molecule has 1 aromatic carbocycles. The van der Waals surface area contributed by atoms with E-state index in [0.29, 0.717) is 24.2 Å². The van der Waals surface area contributed by atoms with Crippen LogP contribution in [0, 0.1) is 5.92 Å². The van der Waals surface area contributed by atoms with E-state index in [1.807, 2.05) is 36.4 Å². The summed E-state index contributed by atoms with van der Waals surface area (Å²) in [6.07, 6.45) is 4.04. The van der Waals surface area contributed by atoms with Crippen molar-refractivity contribution in [3.05, 3.63) is 59.4 Å². The fourth-order valence-electron chi connectivity index (χ4n) is 4.81. The van der Waals surface area contributed by atoms with E-state index in [9.17, 15) is 19.5 Å². The zero-order chi connectivity index (χ0) is 20.3. The van der Waals surface area contributed by atoms with Gasteiger partial charge in [-0.1, -0.05) is 30.3 Å². The molecule has 2 amide bonds. The van der Waals surface area contributed by atoms with Gasteiger partial charge in [0.15, 0.2) is 0 Å². The van der Waals surface area contributed by atoms with Gasteiger partial charge >= 0.3 is 35.5 Å². The van der Waals surface area contributed by atoms with Crippen LogP contribution in [-0.2, 0) is 14.4 Å². The summed E-state index contributed by atoms with van der Waals surface area (Å²) in [7, 11) is 0. The predicted octanol–water partition coefficient (Wildman–Crippen LogP) is 1.40. The molecular weight excluding hydrogens is 393 g/mol. The van der Waals surface area contributed by atoms with Crippen molar-refractivity contribution in [3.63, 3.8) is 0 Å². The first-order valence-corrected chi connectivity index (χ1v) is 9.56. The summed E-state index contributed by atoms with van der Waals surface area (Å²) < 4.78 is 0. The standard InChI is InChI=1S/C22H19N3O4.Na.H/c1-12(26)24-11-15-10-14(19(22(28)29)25-18(15)20(24)21(25)27)7-9-16-8-6-13-4-2-3-5-17(13)23-16;;/h2-9,15,18,20H,10-11H2,1H3,(H,28,29);;/b9-7+;;/t15-,18-,20+;;/m1../s1. The number of amides is 2. The maximum absolute atomic E-state index is 12.6. The van der Waals surface area contributed by atoms with Crippen LogP contribution in [0.4, 0.5) is 0 Å². The molecule has 0 aliphatic carbocycles. The molecule has 7 nitrogen and oxygen atoms in total. The number of likely N-dealkylation sites (tertiary alicyclic amines) is 1. The minimum absolute atomic E-state index is 0. The van der Waals surface area contributed by atoms with Crippen LogP contribution in [0.1, 0.15) is 19.0 Å². The first kappa shape index (κ1) is 20.8. The van der Waals surface area contributed by atoms with Crippen LogP contribution in [0.15, 0.2) is 53.7 Å². The molecule has 5 rings (SSSR count). The van der Waals surface area contributed by atoms with Gasteiger partial charge in [-0.2, -0.15) is 0 Å². The van der Waals surface area contributed by atoms with Crippen molar-refractivity contribution in [2.24, 2.45) is 5.92 Å². The molecule has 3 atom stereocenters. The molecule has 0 radical (unpaired) electrons. The Hall–Kier alpha value is -2.48. The van der Waals surface area contributed by atoms with Gasteiger partial charge in [0.2, 0.25) is 5.91 Å². The first-order chi connectivity index (χ1) is 14.0. The van der Waals surface area contributed by atoms with Crippen molar-refractivity contribution < 1.29 is 19.5 Å². The molecule has 0 spiro atoms. The van der Waals surface area contributed by atoms with Gasteiger partial charge in [0.1, 0.15) is 11.7 Å². The molecule has 3 aliphatic heterocycles. The third-order valence-corrected chi connectivity index (χ3v) is 6.07. The summed E-state index contributed by atoms with van der Waals surface area (Å²) in [6.45, 7) is 1.93. The number of para-hydroxylation sites is 1. The Morgan fingerprint density at radius 2 is 1.93 bits per heavy atom. The van der Waals surface area contributed by atoms with E-state index in [2.05, 4.69) is 4.98 Å². The second kappa shape index (κ2) is 7.65. The fraction of sp³-hybridized carbons (Fsp3) is 0.273. The molecule has 8 heteroatoms. The molecule has 0 unspecified atom stereocenters. The van der Waals surface area contributed by atoms with Crippen LogP contribution in [-0.4, -0.2) is 85.9 Å². The van der Waals surface area contributed by atoms with Crippen molar-refractivity contribution in [3.8, 4) is 0 Å². The van der Waals surface area contributed by atoms with Crippen molar-refractivity contribution in [1.29, 1.82) is 0 Å². The second-order valence-corrected chi connectivity index (χ2v) is 7.72. The summed E-state index contributed by atoms with van der Waals surface area (Å²) in [5, 5.41) is 10.8. The van der Waals surface area contributed by atoms with E-state index >= 15 is 0 Å². The summed E-state index contributed by atoms with van der Waals surface area (Å²) >= 11 is 0. The average Bonchev–Trinajstić information content (AvgIpc) is 3.08. The number of β-lactam (4-membered cyclic amide) rings is 1. The molecule has 2 fully saturated rings. The number of carboxylic acids is 1. The molecule has 2 aromatic rings. The Kier molecular flexibility index (Phi) is 5.30. The molecule has 30 heavy (non-hydrogen) atoms. The Labute approximate surface area is 195 Å². The maximum atomic E-state index is 12.6. The quantitative estimate of drug-likeness (QED) is 0.607. The third-order valence-electron chi connectivity index (χ3n) is 6.07. The Bertz CT molecular complexity index is 1140. The Morgan fingerprint density at radius 1 is 1.17 bits per heavy atom. The van der Waals surface area contributed by atoms with Gasteiger partial charge in [0.25, 0.3) is 5.91 Å². The summed E-state index contributed by atoms with van der Waals surface area (Å²) in [5.74, 6) is -1.53. The number of benzene rings is 1. The number of fused-ring (bicyclic) bond motifs is 1. The molecule has 0 saturated carbocycles. The Morgan fingerprint density at radius 3 is 2.67 bits per heavy atom. The van der Waals surface area contributed by atoms with E-state index < -0.39 is 12.0 Å². The summed E-state index contributed by atoms with van der Waals surface area (Å²) in [6, 6.07) is 10.9. The van der Waals surface area contributed by atoms with Gasteiger partial charge in [0, 0.05) is 24.8 Å². The second-order valence-electron chi connectivity index (χ2n) is 7.72. The number of carbonyl (C=O) groups excluding carboxylic acids is 2. The van der Waals surface area contributed by atoms with E-state index in [4.69, 9.17) is 0 Å². The van der Waals surface area contributed by atoms with E-state index in [1.54, 1.807) is 17.1 Å². The normalized spacial score (nSPS) is 24.7. The number of carboxylic acid groups (broad SMARTS) is 1. The van der Waals surface area contributed by atoms with Crippen LogP contribution in [0.3, 0.4) is 0 Å². The predicted molar refractivity (Wildman–Crippen MR) is 113 cm³/mol. The monoisotopic (exact) mass is 413 g/mol. The molecular formula is C22H20N3NaO4. The van der Waals surface area contributed by atoms with Gasteiger partial charge in [-0.15, -0.1) is 0 Å².